The number of nitrogens with two attached hydrogens (primary N) is 1. The summed E-state index contributed by atoms with van der Waals surface area (Å²) in [6.07, 6.45) is 1.93. The van der Waals surface area contributed by atoms with Gasteiger partial charge in [-0.25, -0.2) is 8.78 Å². The molecule has 4 aromatic carbocycles. The number of amides is 6. The highest BCUT2D eigenvalue weighted by atomic mass is 19.1. The summed E-state index contributed by atoms with van der Waals surface area (Å²) in [5, 5.41) is 20.3. The fraction of sp³-hybridized carbons (Fsp3) is 0.326. The van der Waals surface area contributed by atoms with E-state index in [9.17, 15) is 37.5 Å². The number of fused-ring (bicyclic) bond motifs is 1. The van der Waals surface area contributed by atoms with Gasteiger partial charge in [-0.2, -0.15) is 0 Å². The molecular formula is C46H47F2N9O7. The Morgan fingerprint density at radius 1 is 0.812 bits per heavy atom. The van der Waals surface area contributed by atoms with Gasteiger partial charge in [-0.15, -0.1) is 0 Å². The molecule has 0 spiro atoms. The number of hydrogen-bond donors (Lipinski definition) is 6. The number of anilines is 4. The summed E-state index contributed by atoms with van der Waals surface area (Å²) in [7, 11) is 0. The summed E-state index contributed by atoms with van der Waals surface area (Å²) in [6, 6.07) is 17.3. The van der Waals surface area contributed by atoms with Crippen molar-refractivity contribution in [2.24, 2.45) is 0 Å². The quantitative estimate of drug-likeness (QED) is 0.0517. The van der Waals surface area contributed by atoms with Crippen molar-refractivity contribution in [2.45, 2.75) is 50.6 Å². The van der Waals surface area contributed by atoms with Crippen molar-refractivity contribution >= 4 is 64.0 Å². The van der Waals surface area contributed by atoms with Crippen LogP contribution in [-0.2, 0) is 25.5 Å². The van der Waals surface area contributed by atoms with E-state index in [0.29, 0.717) is 67.5 Å². The second-order valence-electron chi connectivity index (χ2n) is 16.2. The third kappa shape index (κ3) is 9.56. The number of ether oxygens (including phenoxy) is 1. The predicted molar refractivity (Wildman–Crippen MR) is 233 cm³/mol. The van der Waals surface area contributed by atoms with Gasteiger partial charge in [-0.3, -0.25) is 44.4 Å². The molecule has 4 aliphatic rings. The summed E-state index contributed by atoms with van der Waals surface area (Å²) in [4.78, 5) is 82.2. The molecule has 4 aromatic rings. The number of hydrogen-bond acceptors (Lipinski definition) is 12. The van der Waals surface area contributed by atoms with E-state index < -0.39 is 47.2 Å². The van der Waals surface area contributed by atoms with Gasteiger partial charge in [0.15, 0.2) is 0 Å². The van der Waals surface area contributed by atoms with Crippen molar-refractivity contribution in [3.8, 4) is 0 Å². The Balaban J connectivity index is 0.872. The zero-order valence-corrected chi connectivity index (χ0v) is 34.8. The molecule has 7 N–H and O–H groups in total. The summed E-state index contributed by atoms with van der Waals surface area (Å²) < 4.78 is 33.2. The highest BCUT2D eigenvalue weighted by Crippen LogP contribution is 2.31. The molecule has 1 unspecified atom stereocenters. The first-order chi connectivity index (χ1) is 30.8. The predicted octanol–water partition coefficient (Wildman–Crippen LogP) is 4.04. The fourth-order valence-corrected chi connectivity index (χ4v) is 8.50. The van der Waals surface area contributed by atoms with E-state index in [-0.39, 0.29) is 72.4 Å². The Kier molecular flexibility index (Phi) is 12.7. The lowest BCUT2D eigenvalue weighted by atomic mass is 10.0. The van der Waals surface area contributed by atoms with Crippen LogP contribution in [0.3, 0.4) is 0 Å². The third-order valence-electron chi connectivity index (χ3n) is 11.9. The van der Waals surface area contributed by atoms with Crippen LogP contribution in [0, 0.1) is 17.0 Å². The first kappa shape index (κ1) is 43.4. The van der Waals surface area contributed by atoms with Gasteiger partial charge < -0.3 is 36.2 Å². The number of nitrogens with one attached hydrogen (secondary N) is 5. The molecule has 18 heteroatoms. The van der Waals surface area contributed by atoms with Crippen LogP contribution in [0.4, 0.5) is 31.5 Å². The summed E-state index contributed by atoms with van der Waals surface area (Å²) in [5.74, 6) is -4.53. The topological polar surface area (TPSA) is 219 Å². The lowest BCUT2D eigenvalue weighted by Crippen LogP contribution is -2.54. The van der Waals surface area contributed by atoms with Crippen molar-refractivity contribution in [2.75, 3.05) is 67.2 Å². The average molecular weight is 876 g/mol. The second kappa shape index (κ2) is 18.6. The van der Waals surface area contributed by atoms with Gasteiger partial charge in [0, 0.05) is 99.2 Å². The summed E-state index contributed by atoms with van der Waals surface area (Å²) >= 11 is 0. The molecule has 0 aromatic heterocycles. The van der Waals surface area contributed by atoms with Crippen LogP contribution in [0.2, 0.25) is 0 Å². The van der Waals surface area contributed by atoms with Gasteiger partial charge in [0.05, 0.1) is 16.7 Å². The minimum Gasteiger partial charge on any atom is -0.398 e. The molecule has 0 aliphatic carbocycles. The Labute approximate surface area is 367 Å². The fourth-order valence-electron chi connectivity index (χ4n) is 8.50. The third-order valence-corrected chi connectivity index (χ3v) is 11.9. The van der Waals surface area contributed by atoms with Crippen molar-refractivity contribution in [3.63, 3.8) is 0 Å². The maximum atomic E-state index is 13.8. The first-order valence-corrected chi connectivity index (χ1v) is 21.2. The van der Waals surface area contributed by atoms with E-state index >= 15 is 0 Å². The van der Waals surface area contributed by atoms with E-state index in [1.807, 2.05) is 12.1 Å². The maximum Gasteiger partial charge on any atom is 0.262 e. The van der Waals surface area contributed by atoms with Gasteiger partial charge in [-0.05, 0) is 97.5 Å². The molecule has 4 heterocycles. The van der Waals surface area contributed by atoms with Crippen LogP contribution in [-0.4, -0.2) is 109 Å². The number of piperidine rings is 1. The largest absolute Gasteiger partial charge is 0.398 e. The molecule has 0 saturated carbocycles. The van der Waals surface area contributed by atoms with Gasteiger partial charge in [-0.1, -0.05) is 6.07 Å². The van der Waals surface area contributed by atoms with Crippen molar-refractivity contribution < 1.29 is 42.3 Å². The number of nitrogen functional groups attached to an aromatic ring is 1. The number of carbonyl (C=O) groups excluding carboxylic acids is 6. The number of piperazine rings is 1. The van der Waals surface area contributed by atoms with Crippen molar-refractivity contribution in [1.29, 1.82) is 5.41 Å². The monoisotopic (exact) mass is 875 g/mol. The molecule has 0 bridgehead atoms. The second-order valence-corrected chi connectivity index (χ2v) is 16.2. The maximum absolute atomic E-state index is 13.8. The molecule has 3 fully saturated rings. The van der Waals surface area contributed by atoms with Crippen LogP contribution in [0.25, 0.3) is 0 Å². The number of rotatable bonds is 12. The molecule has 6 amide bonds. The molecule has 332 valence electrons. The van der Waals surface area contributed by atoms with E-state index in [1.165, 1.54) is 24.3 Å². The highest BCUT2D eigenvalue weighted by molar-refractivity contribution is 6.23. The molecule has 16 nitrogen and oxygen atoms in total. The van der Waals surface area contributed by atoms with Crippen LogP contribution < -0.4 is 31.9 Å². The number of halogens is 2. The molecule has 4 aliphatic heterocycles. The Morgan fingerprint density at radius 3 is 2.28 bits per heavy atom. The molecule has 0 radical (unpaired) electrons. The standard InChI is InChI=1S/C46H47F2N9O7/c47-28-20-27(21-29(48)23-28)19-26-1-6-37(49)36(22-26)42(50)54-43(60)34-5-3-32(25-38(34)52-30-10-17-64-18-11-30)55-13-15-56(16-14-55)41(59)9-12-51-31-2-4-33-35(24-31)46(63)57(45(33)62)39-7-8-40(58)53-44(39)61/h1-6,20-25,30,39,51-52H,7-19,49H2,(H2,50,54,60)(H,53,58,61). The summed E-state index contributed by atoms with van der Waals surface area (Å²) in [5.41, 5.74) is 10.4. The average Bonchev–Trinajstić information content (AvgIpc) is 3.51. The van der Waals surface area contributed by atoms with Gasteiger partial charge in [0.1, 0.15) is 23.5 Å². The van der Waals surface area contributed by atoms with Gasteiger partial charge >= 0.3 is 0 Å². The van der Waals surface area contributed by atoms with Crippen LogP contribution in [0.15, 0.2) is 72.8 Å². The number of imide groups is 2. The number of carbonyl (C=O) groups is 6. The molecule has 64 heavy (non-hydrogen) atoms. The van der Waals surface area contributed by atoms with Crippen LogP contribution in [0.1, 0.15) is 79.9 Å². The van der Waals surface area contributed by atoms with Crippen LogP contribution >= 0.6 is 0 Å². The number of benzene rings is 4. The zero-order valence-electron chi connectivity index (χ0n) is 34.8. The first-order valence-electron chi connectivity index (χ1n) is 21.2. The lowest BCUT2D eigenvalue weighted by molar-refractivity contribution is -0.136. The van der Waals surface area contributed by atoms with Crippen molar-refractivity contribution in [1.82, 2.24) is 20.4 Å². The Morgan fingerprint density at radius 2 is 1.55 bits per heavy atom. The van der Waals surface area contributed by atoms with E-state index in [0.717, 1.165) is 29.5 Å². The molecular weight excluding hydrogens is 829 g/mol. The minimum absolute atomic E-state index is 0.0288. The van der Waals surface area contributed by atoms with Gasteiger partial charge in [0.25, 0.3) is 17.7 Å². The van der Waals surface area contributed by atoms with Crippen LogP contribution in [0.5, 0.6) is 0 Å². The minimum atomic E-state index is -1.06. The number of nitrogens with zero attached hydrogens (tertiary/aromatic N) is 3. The normalized spacial score (nSPS) is 17.8. The zero-order chi connectivity index (χ0) is 45.1. The van der Waals surface area contributed by atoms with E-state index in [4.69, 9.17) is 15.9 Å². The highest BCUT2D eigenvalue weighted by Gasteiger charge is 2.44. The SMILES string of the molecule is N=C(NC(=O)c1ccc(N2CCN(C(=O)CCNc3ccc4c(c3)C(=O)N(C3CCC(=O)NC3=O)C4=O)CC2)cc1NC1CCOCC1)c1cc(Cc2cc(F)cc(F)c2)ccc1N. The Hall–Kier alpha value is -7.21. The van der Waals surface area contributed by atoms with E-state index in [1.54, 1.807) is 35.2 Å². The molecule has 3 saturated heterocycles. The lowest BCUT2D eigenvalue weighted by Gasteiger charge is -2.36. The van der Waals surface area contributed by atoms with Crippen molar-refractivity contribution in [3.05, 3.63) is 118 Å². The van der Waals surface area contributed by atoms with Gasteiger partial charge in [0.2, 0.25) is 17.7 Å². The number of amidine groups is 1. The molecule has 1 atom stereocenters. The smallest absolute Gasteiger partial charge is 0.262 e. The summed E-state index contributed by atoms with van der Waals surface area (Å²) in [6.45, 7) is 3.41. The van der Waals surface area contributed by atoms with E-state index in [2.05, 4.69) is 26.2 Å². The Bertz CT molecular complexity index is 2540. The molecule has 8 rings (SSSR count).